The highest BCUT2D eigenvalue weighted by atomic mass is 19.4. The Morgan fingerprint density at radius 1 is 1.26 bits per heavy atom. The number of halogens is 3. The summed E-state index contributed by atoms with van der Waals surface area (Å²) in [6.07, 6.45) is -1.75. The lowest BCUT2D eigenvalue weighted by Gasteiger charge is -2.22. The predicted octanol–water partition coefficient (Wildman–Crippen LogP) is 3.21. The van der Waals surface area contributed by atoms with Gasteiger partial charge in [-0.15, -0.1) is 0 Å². The Balaban J connectivity index is 2.27. The summed E-state index contributed by atoms with van der Waals surface area (Å²) < 4.78 is 36.7. The average molecular weight is 269 g/mol. The highest BCUT2D eigenvalue weighted by Crippen LogP contribution is 2.31. The third-order valence-electron chi connectivity index (χ3n) is 2.98. The second-order valence-electron chi connectivity index (χ2n) is 4.38. The van der Waals surface area contributed by atoms with Gasteiger partial charge in [-0.2, -0.15) is 13.2 Å². The molecule has 2 rings (SSSR count). The molecule has 2 aromatic rings. The van der Waals surface area contributed by atoms with Gasteiger partial charge in [0.25, 0.3) is 0 Å². The molecule has 0 bridgehead atoms. The maximum Gasteiger partial charge on any atom is 0.390 e. The van der Waals surface area contributed by atoms with Gasteiger partial charge in [0.05, 0.1) is 17.8 Å². The van der Waals surface area contributed by atoms with E-state index in [0.717, 1.165) is 10.8 Å². The number of hydrogen-bond acceptors (Lipinski definition) is 3. The van der Waals surface area contributed by atoms with Gasteiger partial charge in [0.15, 0.2) is 0 Å². The van der Waals surface area contributed by atoms with Crippen molar-refractivity contribution in [1.29, 1.82) is 0 Å². The average Bonchev–Trinajstić information content (AvgIpc) is 2.36. The number of fused-ring (bicyclic) bond motifs is 1. The van der Waals surface area contributed by atoms with Gasteiger partial charge < -0.3 is 10.6 Å². The lowest BCUT2D eigenvalue weighted by Crippen LogP contribution is -2.24. The first-order valence-electron chi connectivity index (χ1n) is 5.78. The molecule has 0 unspecified atom stereocenters. The number of hydrogen-bond donors (Lipinski definition) is 1. The standard InChI is InChI=1S/C13H14F3N3/c1-19(7-5-13(14,15)16)11-3-2-9-8-18-6-4-10(9)12(11)17/h2-4,6,8H,5,7,17H2,1H3. The first-order valence-corrected chi connectivity index (χ1v) is 5.78. The molecule has 0 aliphatic rings. The summed E-state index contributed by atoms with van der Waals surface area (Å²) in [7, 11) is 1.60. The molecule has 0 fully saturated rings. The quantitative estimate of drug-likeness (QED) is 0.870. The van der Waals surface area contributed by atoms with Gasteiger partial charge in [0.2, 0.25) is 0 Å². The number of anilines is 2. The summed E-state index contributed by atoms with van der Waals surface area (Å²) in [6, 6.07) is 5.28. The van der Waals surface area contributed by atoms with Crippen molar-refractivity contribution in [1.82, 2.24) is 4.98 Å². The van der Waals surface area contributed by atoms with Crippen molar-refractivity contribution < 1.29 is 13.2 Å². The Morgan fingerprint density at radius 2 is 2.00 bits per heavy atom. The molecule has 6 heteroatoms. The monoisotopic (exact) mass is 269 g/mol. The zero-order valence-electron chi connectivity index (χ0n) is 10.4. The number of nitrogen functional groups attached to an aromatic ring is 1. The fourth-order valence-corrected chi connectivity index (χ4v) is 1.93. The van der Waals surface area contributed by atoms with E-state index in [-0.39, 0.29) is 6.54 Å². The second kappa shape index (κ2) is 4.95. The van der Waals surface area contributed by atoms with E-state index in [4.69, 9.17) is 5.73 Å². The van der Waals surface area contributed by atoms with Crippen LogP contribution in [0.3, 0.4) is 0 Å². The van der Waals surface area contributed by atoms with E-state index in [0.29, 0.717) is 11.4 Å². The zero-order chi connectivity index (χ0) is 14.0. The smallest absolute Gasteiger partial charge is 0.390 e. The minimum absolute atomic E-state index is 0.121. The van der Waals surface area contributed by atoms with E-state index in [9.17, 15) is 13.2 Å². The Morgan fingerprint density at radius 3 is 2.68 bits per heavy atom. The van der Waals surface area contributed by atoms with Crippen LogP contribution in [0.25, 0.3) is 10.8 Å². The fourth-order valence-electron chi connectivity index (χ4n) is 1.93. The minimum Gasteiger partial charge on any atom is -0.397 e. The van der Waals surface area contributed by atoms with Gasteiger partial charge >= 0.3 is 6.18 Å². The van der Waals surface area contributed by atoms with E-state index < -0.39 is 12.6 Å². The normalized spacial score (nSPS) is 11.8. The third kappa shape index (κ3) is 3.07. The molecule has 19 heavy (non-hydrogen) atoms. The van der Waals surface area contributed by atoms with Crippen molar-refractivity contribution in [3.8, 4) is 0 Å². The molecule has 1 heterocycles. The van der Waals surface area contributed by atoms with Gasteiger partial charge in [-0.25, -0.2) is 0 Å². The van der Waals surface area contributed by atoms with Crippen molar-refractivity contribution in [3.05, 3.63) is 30.6 Å². The number of rotatable bonds is 3. The molecule has 2 N–H and O–H groups in total. The van der Waals surface area contributed by atoms with Gasteiger partial charge in [0, 0.05) is 36.8 Å². The van der Waals surface area contributed by atoms with Gasteiger partial charge in [-0.1, -0.05) is 6.07 Å². The predicted molar refractivity (Wildman–Crippen MR) is 70.1 cm³/mol. The number of nitrogens with zero attached hydrogens (tertiary/aromatic N) is 2. The largest absolute Gasteiger partial charge is 0.397 e. The summed E-state index contributed by atoms with van der Waals surface area (Å²) in [6.45, 7) is -0.121. The van der Waals surface area contributed by atoms with Crippen LogP contribution >= 0.6 is 0 Å². The van der Waals surface area contributed by atoms with Crippen molar-refractivity contribution in [3.63, 3.8) is 0 Å². The van der Waals surface area contributed by atoms with Gasteiger partial charge in [-0.3, -0.25) is 4.98 Å². The Labute approximate surface area is 108 Å². The second-order valence-corrected chi connectivity index (χ2v) is 4.38. The van der Waals surface area contributed by atoms with Crippen molar-refractivity contribution in [2.24, 2.45) is 0 Å². The summed E-state index contributed by atoms with van der Waals surface area (Å²) in [4.78, 5) is 5.50. The summed E-state index contributed by atoms with van der Waals surface area (Å²) in [5.41, 5.74) is 7.08. The lowest BCUT2D eigenvalue weighted by molar-refractivity contribution is -0.132. The van der Waals surface area contributed by atoms with E-state index >= 15 is 0 Å². The van der Waals surface area contributed by atoms with Crippen LogP contribution in [0, 0.1) is 0 Å². The van der Waals surface area contributed by atoms with E-state index in [1.807, 2.05) is 0 Å². The molecule has 0 atom stereocenters. The van der Waals surface area contributed by atoms with E-state index in [1.54, 1.807) is 37.6 Å². The maximum absolute atomic E-state index is 12.2. The molecular weight excluding hydrogens is 255 g/mol. The van der Waals surface area contributed by atoms with Crippen LogP contribution in [0.1, 0.15) is 6.42 Å². The van der Waals surface area contributed by atoms with Crippen LogP contribution in [0.2, 0.25) is 0 Å². The molecule has 1 aromatic heterocycles. The molecule has 1 aromatic carbocycles. The minimum atomic E-state index is -4.16. The van der Waals surface area contributed by atoms with Crippen LogP contribution in [-0.4, -0.2) is 24.8 Å². The van der Waals surface area contributed by atoms with Crippen molar-refractivity contribution in [2.75, 3.05) is 24.2 Å². The van der Waals surface area contributed by atoms with Crippen LogP contribution in [0.5, 0.6) is 0 Å². The van der Waals surface area contributed by atoms with Gasteiger partial charge in [-0.05, 0) is 12.1 Å². The molecule has 0 radical (unpaired) electrons. The van der Waals surface area contributed by atoms with Crippen LogP contribution in [0.4, 0.5) is 24.5 Å². The lowest BCUT2D eigenvalue weighted by atomic mass is 10.1. The molecular formula is C13H14F3N3. The highest BCUT2D eigenvalue weighted by molar-refractivity contribution is 5.98. The number of benzene rings is 1. The van der Waals surface area contributed by atoms with Gasteiger partial charge in [0.1, 0.15) is 0 Å². The van der Waals surface area contributed by atoms with Crippen molar-refractivity contribution >= 4 is 22.1 Å². The summed E-state index contributed by atoms with van der Waals surface area (Å²) >= 11 is 0. The molecule has 102 valence electrons. The number of pyridine rings is 1. The van der Waals surface area contributed by atoms with E-state index in [1.165, 1.54) is 4.90 Å². The molecule has 3 nitrogen and oxygen atoms in total. The van der Waals surface area contributed by atoms with Crippen molar-refractivity contribution in [2.45, 2.75) is 12.6 Å². The van der Waals surface area contributed by atoms with Crippen LogP contribution in [0.15, 0.2) is 30.6 Å². The first-order chi connectivity index (χ1) is 8.88. The molecule has 0 spiro atoms. The van der Waals surface area contributed by atoms with Crippen LogP contribution in [-0.2, 0) is 0 Å². The highest BCUT2D eigenvalue weighted by Gasteiger charge is 2.27. The third-order valence-corrected chi connectivity index (χ3v) is 2.98. The number of nitrogens with two attached hydrogens (primary N) is 1. The molecule has 0 saturated carbocycles. The molecule has 0 saturated heterocycles. The molecule has 0 aliphatic carbocycles. The summed E-state index contributed by atoms with van der Waals surface area (Å²) in [5, 5.41) is 1.67. The number of aromatic nitrogens is 1. The van der Waals surface area contributed by atoms with E-state index in [2.05, 4.69) is 4.98 Å². The topological polar surface area (TPSA) is 42.2 Å². The zero-order valence-corrected chi connectivity index (χ0v) is 10.4. The Kier molecular flexibility index (Phi) is 3.50. The number of alkyl halides is 3. The maximum atomic E-state index is 12.2. The fraction of sp³-hybridized carbons (Fsp3) is 0.308. The van der Waals surface area contributed by atoms with Crippen LogP contribution < -0.4 is 10.6 Å². The molecule has 0 amide bonds. The Bertz CT molecular complexity index is 581. The first kappa shape index (κ1) is 13.5. The molecule has 0 aliphatic heterocycles. The Hall–Kier alpha value is -1.98. The SMILES string of the molecule is CN(CCC(F)(F)F)c1ccc2cnccc2c1N. The summed E-state index contributed by atoms with van der Waals surface area (Å²) in [5.74, 6) is 0.